The summed E-state index contributed by atoms with van der Waals surface area (Å²) in [6, 6.07) is 9.08. The number of ketones is 3. The summed E-state index contributed by atoms with van der Waals surface area (Å²) in [5, 5.41) is 9.14. The topological polar surface area (TPSA) is 97.1 Å². The Bertz CT molecular complexity index is 977. The van der Waals surface area contributed by atoms with Crippen molar-refractivity contribution in [1.82, 2.24) is 4.98 Å². The highest BCUT2D eigenvalue weighted by atomic mass is 32.2. The SMILES string of the molecule is COc1ccc(-c2c(C#N)c(SC(C(C)=O)C(C)=O)nc(C)c2C(C)=O)cc1. The van der Waals surface area contributed by atoms with Gasteiger partial charge in [0, 0.05) is 11.1 Å². The molecule has 0 aliphatic carbocycles. The van der Waals surface area contributed by atoms with Gasteiger partial charge in [-0.15, -0.1) is 0 Å². The first-order chi connectivity index (χ1) is 13.2. The first-order valence-electron chi connectivity index (χ1n) is 8.48. The van der Waals surface area contributed by atoms with Crippen molar-refractivity contribution in [1.29, 1.82) is 5.26 Å². The molecular weight excluding hydrogens is 376 g/mol. The zero-order chi connectivity index (χ0) is 21.0. The van der Waals surface area contributed by atoms with Crippen LogP contribution in [0.3, 0.4) is 0 Å². The lowest BCUT2D eigenvalue weighted by Crippen LogP contribution is -2.23. The maximum absolute atomic E-state index is 12.3. The number of nitrogens with zero attached hydrogens (tertiary/aromatic N) is 2. The van der Waals surface area contributed by atoms with Crippen molar-refractivity contribution in [3.63, 3.8) is 0 Å². The first kappa shape index (κ1) is 21.3. The molecule has 0 aliphatic heterocycles. The molecule has 28 heavy (non-hydrogen) atoms. The molecule has 0 spiro atoms. The highest BCUT2D eigenvalue weighted by molar-refractivity contribution is 8.01. The predicted molar refractivity (Wildman–Crippen MR) is 107 cm³/mol. The Labute approximate surface area is 167 Å². The van der Waals surface area contributed by atoms with Crippen molar-refractivity contribution in [2.24, 2.45) is 0 Å². The number of aryl methyl sites for hydroxylation is 1. The molecule has 6 nitrogen and oxygen atoms in total. The van der Waals surface area contributed by atoms with Crippen LogP contribution < -0.4 is 4.74 Å². The van der Waals surface area contributed by atoms with Gasteiger partial charge in [-0.3, -0.25) is 14.4 Å². The molecule has 0 radical (unpaired) electrons. The molecule has 2 rings (SSSR count). The molecule has 0 saturated carbocycles. The molecule has 7 heteroatoms. The van der Waals surface area contributed by atoms with Crippen LogP contribution >= 0.6 is 11.8 Å². The lowest BCUT2D eigenvalue weighted by molar-refractivity contribution is -0.123. The Balaban J connectivity index is 2.78. The number of ether oxygens (including phenoxy) is 1. The standard InChI is InChI=1S/C21H20N2O4S/c1-11-18(12(2)24)19(15-6-8-16(27-5)9-7-15)17(10-22)21(23-11)28-20(13(3)25)14(4)26/h6-9,20H,1-5H3. The highest BCUT2D eigenvalue weighted by Crippen LogP contribution is 2.37. The van der Waals surface area contributed by atoms with Crippen LogP contribution in [0.1, 0.15) is 42.4 Å². The van der Waals surface area contributed by atoms with Gasteiger partial charge in [0.25, 0.3) is 0 Å². The van der Waals surface area contributed by atoms with Crippen LogP contribution in [0, 0.1) is 18.3 Å². The van der Waals surface area contributed by atoms with Gasteiger partial charge in [-0.05, 0) is 45.4 Å². The number of hydrogen-bond donors (Lipinski definition) is 0. The van der Waals surface area contributed by atoms with Crippen LogP contribution in [0.15, 0.2) is 29.3 Å². The van der Waals surface area contributed by atoms with Crippen LogP contribution in [0.2, 0.25) is 0 Å². The van der Waals surface area contributed by atoms with Gasteiger partial charge in [-0.25, -0.2) is 4.98 Å². The van der Waals surface area contributed by atoms with Crippen LogP contribution in [0.5, 0.6) is 5.75 Å². The van der Waals surface area contributed by atoms with E-state index in [0.717, 1.165) is 11.8 Å². The average Bonchev–Trinajstić information content (AvgIpc) is 2.64. The van der Waals surface area contributed by atoms with Crippen LogP contribution in [-0.2, 0) is 9.59 Å². The fourth-order valence-electron chi connectivity index (χ4n) is 2.91. The van der Waals surface area contributed by atoms with E-state index in [9.17, 15) is 19.6 Å². The van der Waals surface area contributed by atoms with Gasteiger partial charge in [0.15, 0.2) is 17.3 Å². The summed E-state index contributed by atoms with van der Waals surface area (Å²) in [5.41, 5.74) is 2.04. The molecule has 0 fully saturated rings. The third kappa shape index (κ3) is 4.29. The lowest BCUT2D eigenvalue weighted by Gasteiger charge is -2.17. The molecule has 1 heterocycles. The molecule has 144 valence electrons. The van der Waals surface area contributed by atoms with E-state index in [-0.39, 0.29) is 27.9 Å². The van der Waals surface area contributed by atoms with Crippen molar-refractivity contribution >= 4 is 29.1 Å². The summed E-state index contributed by atoms with van der Waals surface area (Å²) in [7, 11) is 1.55. The number of hydrogen-bond acceptors (Lipinski definition) is 7. The van der Waals surface area contributed by atoms with Gasteiger partial charge in [0.05, 0.1) is 18.4 Å². The Morgan fingerprint density at radius 2 is 1.68 bits per heavy atom. The number of rotatable bonds is 7. The van der Waals surface area contributed by atoms with E-state index in [1.807, 2.05) is 0 Å². The molecule has 0 aliphatic rings. The highest BCUT2D eigenvalue weighted by Gasteiger charge is 2.27. The third-order valence-corrected chi connectivity index (χ3v) is 5.57. The number of benzene rings is 1. The Hall–Kier alpha value is -2.98. The predicted octanol–water partition coefficient (Wildman–Crippen LogP) is 3.78. The second kappa shape index (κ2) is 8.81. The van der Waals surface area contributed by atoms with Crippen LogP contribution in [0.4, 0.5) is 0 Å². The zero-order valence-corrected chi connectivity index (χ0v) is 17.1. The number of carbonyl (C=O) groups is 3. The summed E-state index contributed by atoms with van der Waals surface area (Å²) in [6.45, 7) is 5.74. The summed E-state index contributed by atoms with van der Waals surface area (Å²) in [5.74, 6) is -0.219. The summed E-state index contributed by atoms with van der Waals surface area (Å²) in [6.07, 6.45) is 0. The Morgan fingerprint density at radius 1 is 1.11 bits per heavy atom. The molecular formula is C21H20N2O4S. The van der Waals surface area contributed by atoms with Crippen molar-refractivity contribution in [2.45, 2.75) is 38.0 Å². The molecule has 2 aromatic rings. The third-order valence-electron chi connectivity index (χ3n) is 4.16. The fourth-order valence-corrected chi connectivity index (χ4v) is 3.92. The maximum Gasteiger partial charge on any atom is 0.162 e. The molecule has 1 aromatic heterocycles. The first-order valence-corrected chi connectivity index (χ1v) is 9.36. The fraction of sp³-hybridized carbons (Fsp3) is 0.286. The van der Waals surface area contributed by atoms with E-state index >= 15 is 0 Å². The van der Waals surface area contributed by atoms with Crippen molar-refractivity contribution in [2.75, 3.05) is 7.11 Å². The van der Waals surface area contributed by atoms with E-state index in [1.54, 1.807) is 38.3 Å². The second-order valence-corrected chi connectivity index (χ2v) is 7.34. The Kier molecular flexibility index (Phi) is 6.71. The zero-order valence-electron chi connectivity index (χ0n) is 16.3. The summed E-state index contributed by atoms with van der Waals surface area (Å²) >= 11 is 0.939. The van der Waals surface area contributed by atoms with Crippen molar-refractivity contribution in [3.8, 4) is 22.9 Å². The normalized spacial score (nSPS) is 10.5. The van der Waals surface area contributed by atoms with Gasteiger partial charge in [0.1, 0.15) is 22.1 Å². The number of pyridine rings is 1. The Morgan fingerprint density at radius 3 is 2.11 bits per heavy atom. The average molecular weight is 396 g/mol. The number of nitriles is 1. The van der Waals surface area contributed by atoms with E-state index in [4.69, 9.17) is 4.74 Å². The minimum absolute atomic E-state index is 0.165. The molecule has 0 bridgehead atoms. The number of thioether (sulfide) groups is 1. The molecule has 0 N–H and O–H groups in total. The minimum Gasteiger partial charge on any atom is -0.497 e. The van der Waals surface area contributed by atoms with E-state index in [1.165, 1.54) is 20.8 Å². The minimum atomic E-state index is -0.953. The molecule has 0 atom stereocenters. The van der Waals surface area contributed by atoms with Gasteiger partial charge in [-0.2, -0.15) is 5.26 Å². The van der Waals surface area contributed by atoms with E-state index < -0.39 is 5.25 Å². The smallest absolute Gasteiger partial charge is 0.162 e. The van der Waals surface area contributed by atoms with Crippen molar-refractivity contribution < 1.29 is 19.1 Å². The number of Topliss-reactive ketones (excluding diaryl/α,β-unsaturated/α-hetero) is 3. The van der Waals surface area contributed by atoms with Gasteiger partial charge in [0.2, 0.25) is 0 Å². The lowest BCUT2D eigenvalue weighted by atomic mass is 9.93. The number of aromatic nitrogens is 1. The molecule has 0 saturated heterocycles. The van der Waals surface area contributed by atoms with Crippen LogP contribution in [0.25, 0.3) is 11.1 Å². The van der Waals surface area contributed by atoms with E-state index in [0.29, 0.717) is 28.1 Å². The maximum atomic E-state index is 12.3. The number of carbonyl (C=O) groups excluding carboxylic acids is 3. The largest absolute Gasteiger partial charge is 0.497 e. The van der Waals surface area contributed by atoms with Gasteiger partial charge >= 0.3 is 0 Å². The van der Waals surface area contributed by atoms with Crippen LogP contribution in [-0.4, -0.2) is 34.7 Å². The number of methoxy groups -OCH3 is 1. The van der Waals surface area contributed by atoms with E-state index in [2.05, 4.69) is 11.1 Å². The van der Waals surface area contributed by atoms with Gasteiger partial charge < -0.3 is 4.74 Å². The second-order valence-electron chi connectivity index (χ2n) is 6.24. The molecule has 0 unspecified atom stereocenters. The van der Waals surface area contributed by atoms with Gasteiger partial charge in [-0.1, -0.05) is 23.9 Å². The monoisotopic (exact) mass is 396 g/mol. The summed E-state index contributed by atoms with van der Waals surface area (Å²) in [4.78, 5) is 40.4. The molecule has 1 aromatic carbocycles. The quantitative estimate of drug-likeness (QED) is 0.399. The summed E-state index contributed by atoms with van der Waals surface area (Å²) < 4.78 is 5.17. The van der Waals surface area contributed by atoms with Crippen molar-refractivity contribution in [3.05, 3.63) is 41.1 Å². The molecule has 0 amide bonds.